The van der Waals surface area contributed by atoms with Crippen molar-refractivity contribution >= 4 is 34.1 Å². The SMILES string of the molecule is O=c1c(NCc2cc(CNc3c(N[C@@H](c4ccccc4)[C@H](O)c4ccccc4)c(=O)c3=O)cc(CNc3c(N[C@@H](c4ccccc4)[C@H](O)c4ccccc4)c(=O)c3=O)c2)c(N[C@@H](c2ccccc2)[C@H](O)c2ccccc2)c1=O. The van der Waals surface area contributed by atoms with Crippen LogP contribution in [0.5, 0.6) is 0 Å². The van der Waals surface area contributed by atoms with Crippen molar-refractivity contribution in [3.05, 3.63) is 312 Å². The number of nitrogens with one attached hydrogen (secondary N) is 6. The lowest BCUT2D eigenvalue weighted by atomic mass is 9.95. The number of aliphatic hydroxyl groups excluding tert-OH is 3. The molecule has 0 aliphatic rings. The molecule has 0 unspecified atom stereocenters. The number of aliphatic hydroxyl groups is 3. The van der Waals surface area contributed by atoms with Crippen LogP contribution in [-0.4, -0.2) is 15.3 Å². The fourth-order valence-corrected chi connectivity index (χ4v) is 9.82. The van der Waals surface area contributed by atoms with Crippen LogP contribution in [0.1, 0.15) is 86.5 Å². The van der Waals surface area contributed by atoms with Crippen LogP contribution in [0.2, 0.25) is 0 Å². The molecule has 15 nitrogen and oxygen atoms in total. The van der Waals surface area contributed by atoms with Crippen LogP contribution in [0.4, 0.5) is 34.1 Å². The minimum atomic E-state index is -1.10. The van der Waals surface area contributed by atoms with Crippen molar-refractivity contribution in [2.75, 3.05) is 31.9 Å². The van der Waals surface area contributed by atoms with Gasteiger partial charge in [0, 0.05) is 19.6 Å². The Balaban J connectivity index is 0.936. The largest absolute Gasteiger partial charge is 0.386 e. The summed E-state index contributed by atoms with van der Waals surface area (Å²) >= 11 is 0. The van der Waals surface area contributed by atoms with Gasteiger partial charge in [0.2, 0.25) is 0 Å². The molecule has 0 saturated carbocycles. The summed E-state index contributed by atoms with van der Waals surface area (Å²) in [6.07, 6.45) is -3.31. The fraction of sp³-hybridized carbons (Fsp3) is 0.143. The van der Waals surface area contributed by atoms with E-state index < -0.39 is 69.0 Å². The predicted octanol–water partition coefficient (Wildman–Crippen LogP) is 7.97. The van der Waals surface area contributed by atoms with Crippen LogP contribution in [-0.2, 0) is 19.6 Å². The average molecular weight is 1040 g/mol. The molecule has 0 fully saturated rings. The Morgan fingerprint density at radius 1 is 0.269 bits per heavy atom. The lowest BCUT2D eigenvalue weighted by Crippen LogP contribution is -2.39. The molecule has 15 heteroatoms. The Morgan fingerprint density at radius 3 is 0.679 bits per heavy atom. The summed E-state index contributed by atoms with van der Waals surface area (Å²) in [7, 11) is 0. The van der Waals surface area contributed by atoms with Gasteiger partial charge in [0.25, 0.3) is 32.6 Å². The van der Waals surface area contributed by atoms with E-state index in [2.05, 4.69) is 31.9 Å². The molecule has 0 heterocycles. The zero-order valence-corrected chi connectivity index (χ0v) is 41.9. The Bertz CT molecular complexity index is 3460. The summed E-state index contributed by atoms with van der Waals surface area (Å²) in [5.41, 5.74) is 1.14. The van der Waals surface area contributed by atoms with E-state index >= 15 is 0 Å². The van der Waals surface area contributed by atoms with Crippen molar-refractivity contribution in [3.63, 3.8) is 0 Å². The minimum absolute atomic E-state index is 0.00110. The van der Waals surface area contributed by atoms with E-state index in [0.717, 1.165) is 0 Å². The van der Waals surface area contributed by atoms with Gasteiger partial charge in [-0.1, -0.05) is 200 Å². The van der Waals surface area contributed by atoms with Crippen LogP contribution >= 0.6 is 0 Å². The highest BCUT2D eigenvalue weighted by molar-refractivity contribution is 5.77. The maximum Gasteiger partial charge on any atom is 0.253 e. The number of benzene rings is 7. The van der Waals surface area contributed by atoms with Gasteiger partial charge in [-0.15, -0.1) is 0 Å². The smallest absolute Gasteiger partial charge is 0.253 e. The first-order valence-corrected chi connectivity index (χ1v) is 25.4. The molecule has 10 aromatic carbocycles. The van der Waals surface area contributed by atoms with Crippen LogP contribution in [0.3, 0.4) is 0 Å². The van der Waals surface area contributed by atoms with Gasteiger partial charge in [-0.2, -0.15) is 0 Å². The molecule has 6 atom stereocenters. The molecule has 0 saturated heterocycles. The van der Waals surface area contributed by atoms with E-state index in [1.165, 1.54) is 0 Å². The Morgan fingerprint density at radius 2 is 0.462 bits per heavy atom. The second-order valence-corrected chi connectivity index (χ2v) is 19.1. The highest BCUT2D eigenvalue weighted by Crippen LogP contribution is 2.37. The average Bonchev–Trinajstić information content (AvgIpc) is 3.63. The number of rotatable bonds is 24. The van der Waals surface area contributed by atoms with Crippen molar-refractivity contribution in [3.8, 4) is 0 Å². The molecule has 0 bridgehead atoms. The van der Waals surface area contributed by atoms with Gasteiger partial charge in [-0.3, -0.25) is 28.8 Å². The first-order chi connectivity index (χ1) is 37.9. The van der Waals surface area contributed by atoms with Crippen molar-refractivity contribution in [2.24, 2.45) is 0 Å². The second-order valence-electron chi connectivity index (χ2n) is 19.1. The lowest BCUT2D eigenvalue weighted by molar-refractivity contribution is 0.154. The summed E-state index contributed by atoms with van der Waals surface area (Å²) in [6.45, 7) is 0.0111. The summed E-state index contributed by atoms with van der Waals surface area (Å²) in [5, 5.41) is 53.8. The summed E-state index contributed by atoms with van der Waals surface area (Å²) < 4.78 is 0. The van der Waals surface area contributed by atoms with Crippen LogP contribution in [0.15, 0.2) is 229 Å². The summed E-state index contributed by atoms with van der Waals surface area (Å²) in [6, 6.07) is 57.1. The molecule has 0 spiro atoms. The van der Waals surface area contributed by atoms with E-state index in [4.69, 9.17) is 0 Å². The first-order valence-electron chi connectivity index (χ1n) is 25.4. The zero-order chi connectivity index (χ0) is 54.3. The number of hydrogen-bond acceptors (Lipinski definition) is 15. The van der Waals surface area contributed by atoms with Gasteiger partial charge in [-0.25, -0.2) is 0 Å². The van der Waals surface area contributed by atoms with E-state index in [1.807, 2.05) is 109 Å². The lowest BCUT2D eigenvalue weighted by Gasteiger charge is -2.28. The van der Waals surface area contributed by atoms with Gasteiger partial charge in [0.15, 0.2) is 0 Å². The molecule has 10 rings (SSSR count). The first kappa shape index (κ1) is 51.9. The van der Waals surface area contributed by atoms with Gasteiger partial charge in [0.1, 0.15) is 52.4 Å². The zero-order valence-electron chi connectivity index (χ0n) is 41.9. The van der Waals surface area contributed by atoms with Gasteiger partial charge in [0.05, 0.1) is 18.1 Å². The van der Waals surface area contributed by atoms with Crippen LogP contribution in [0, 0.1) is 0 Å². The van der Waals surface area contributed by atoms with E-state index in [1.54, 1.807) is 91.0 Å². The number of anilines is 6. The van der Waals surface area contributed by atoms with Crippen LogP contribution < -0.4 is 64.5 Å². The predicted molar refractivity (Wildman–Crippen MR) is 305 cm³/mol. The van der Waals surface area contributed by atoms with E-state index in [0.29, 0.717) is 50.1 Å². The maximum atomic E-state index is 13.3. The third-order valence-electron chi connectivity index (χ3n) is 14.0. The van der Waals surface area contributed by atoms with Crippen molar-refractivity contribution in [2.45, 2.75) is 56.1 Å². The molecule has 0 aromatic heterocycles. The van der Waals surface area contributed by atoms with Crippen LogP contribution in [0.25, 0.3) is 0 Å². The summed E-state index contributed by atoms with van der Waals surface area (Å²) in [5.74, 6) is 0. The van der Waals surface area contributed by atoms with Gasteiger partial charge in [-0.05, 0) is 50.1 Å². The Labute approximate surface area is 447 Å². The molecule has 78 heavy (non-hydrogen) atoms. The normalized spacial score (nSPS) is 13.7. The van der Waals surface area contributed by atoms with Gasteiger partial charge < -0.3 is 47.2 Å². The highest BCUT2D eigenvalue weighted by atomic mass is 16.3. The Hall–Kier alpha value is -9.54. The number of hydrogen-bond donors (Lipinski definition) is 9. The third kappa shape index (κ3) is 10.9. The minimum Gasteiger partial charge on any atom is -0.386 e. The van der Waals surface area contributed by atoms with E-state index in [9.17, 15) is 44.1 Å². The standard InChI is InChI=1S/C63H54N6O9/c70-55(43-25-13-4-14-26-43)46(40-19-7-1-8-20-40)67-52-49(58(73)61(52)76)64-34-37-31-38(35-65-50-53(62(77)59(50)74)68-47(41-21-9-2-10-22-41)56(71)44-27-15-5-16-28-44)33-39(32-37)36-66-51-54(63(78)60(51)75)69-48(42-23-11-3-12-24-42)57(72)45-29-17-6-18-30-45/h1-33,46-48,55-57,64-72H,34-36H2/t46-,47-,48-,55+,56+,57+/m0/s1. The van der Waals surface area contributed by atoms with Crippen molar-refractivity contribution in [1.82, 2.24) is 0 Å². The molecule has 0 radical (unpaired) electrons. The molecule has 0 aliphatic carbocycles. The second kappa shape index (κ2) is 23.1. The molecule has 9 N–H and O–H groups in total. The maximum absolute atomic E-state index is 13.3. The van der Waals surface area contributed by atoms with E-state index in [-0.39, 0.29) is 53.8 Å². The molecule has 390 valence electrons. The van der Waals surface area contributed by atoms with Crippen molar-refractivity contribution < 1.29 is 15.3 Å². The Kier molecular flexibility index (Phi) is 15.4. The summed E-state index contributed by atoms with van der Waals surface area (Å²) in [4.78, 5) is 79.8. The highest BCUT2D eigenvalue weighted by Gasteiger charge is 2.32. The molecular weight excluding hydrogens is 985 g/mol. The topological polar surface area (TPSA) is 235 Å². The molecule has 0 amide bonds. The van der Waals surface area contributed by atoms with Crippen molar-refractivity contribution in [1.29, 1.82) is 0 Å². The molecule has 10 aromatic rings. The molecular formula is C63H54N6O9. The molecule has 0 aliphatic heterocycles. The quantitative estimate of drug-likeness (QED) is 0.0261. The van der Waals surface area contributed by atoms with Gasteiger partial charge >= 0.3 is 0 Å². The third-order valence-corrected chi connectivity index (χ3v) is 14.0. The monoisotopic (exact) mass is 1040 g/mol. The fourth-order valence-electron chi connectivity index (χ4n) is 9.82.